The Morgan fingerprint density at radius 3 is 2.77 bits per heavy atom. The van der Waals surface area contributed by atoms with Gasteiger partial charge in [0.2, 0.25) is 5.91 Å². The molecular formula is C20H22N2O3S. The molecule has 3 rings (SSSR count). The lowest BCUT2D eigenvalue weighted by Crippen LogP contribution is -2.42. The molecule has 26 heavy (non-hydrogen) atoms. The number of carbonyl (C=O) groups excluding carboxylic acids is 2. The molecule has 0 spiro atoms. The number of fused-ring (bicyclic) bond motifs is 1. The van der Waals surface area contributed by atoms with Gasteiger partial charge < -0.3 is 10.2 Å². The molecule has 1 aliphatic heterocycles. The summed E-state index contributed by atoms with van der Waals surface area (Å²) in [5.41, 5.74) is 3.42. The zero-order valence-corrected chi connectivity index (χ0v) is 15.6. The largest absolute Gasteiger partial charge is 0.343 e. The summed E-state index contributed by atoms with van der Waals surface area (Å²) in [6.07, 6.45) is 3.52. The van der Waals surface area contributed by atoms with E-state index in [1.54, 1.807) is 29.4 Å². The molecule has 1 N–H and O–H groups in total. The summed E-state index contributed by atoms with van der Waals surface area (Å²) in [5.74, 6) is -0.00589. The van der Waals surface area contributed by atoms with Crippen LogP contribution in [0.3, 0.4) is 0 Å². The van der Waals surface area contributed by atoms with Crippen LogP contribution in [0.25, 0.3) is 0 Å². The van der Waals surface area contributed by atoms with Crippen LogP contribution in [0.4, 0.5) is 5.69 Å². The Bertz CT molecular complexity index is 850. The molecule has 0 saturated heterocycles. The van der Waals surface area contributed by atoms with Crippen LogP contribution in [-0.2, 0) is 27.8 Å². The highest BCUT2D eigenvalue weighted by Gasteiger charge is 2.22. The van der Waals surface area contributed by atoms with Crippen molar-refractivity contribution in [3.8, 4) is 0 Å². The van der Waals surface area contributed by atoms with Gasteiger partial charge in [0, 0.05) is 40.6 Å². The summed E-state index contributed by atoms with van der Waals surface area (Å²) in [6.45, 7) is 0.626. The van der Waals surface area contributed by atoms with Crippen LogP contribution in [0.1, 0.15) is 27.9 Å². The third kappa shape index (κ3) is 4.38. The SMILES string of the molecule is C[S@](=O)Cc1cccc(C(=O)NCC(=O)N2CCCc3ccccc32)c1. The zero-order valence-electron chi connectivity index (χ0n) is 14.7. The first-order valence-corrected chi connectivity index (χ1v) is 10.3. The molecule has 2 aromatic rings. The Kier molecular flexibility index (Phi) is 5.83. The fraction of sp³-hybridized carbons (Fsp3) is 0.300. The van der Waals surface area contributed by atoms with E-state index in [1.165, 1.54) is 5.56 Å². The molecule has 0 radical (unpaired) electrons. The minimum Gasteiger partial charge on any atom is -0.343 e. The van der Waals surface area contributed by atoms with E-state index in [9.17, 15) is 13.8 Å². The lowest BCUT2D eigenvalue weighted by molar-refractivity contribution is -0.117. The molecule has 1 atom stereocenters. The number of hydrogen-bond acceptors (Lipinski definition) is 3. The van der Waals surface area contributed by atoms with Gasteiger partial charge in [0.05, 0.1) is 6.54 Å². The Morgan fingerprint density at radius 2 is 1.96 bits per heavy atom. The van der Waals surface area contributed by atoms with Crippen molar-refractivity contribution in [2.75, 3.05) is 24.2 Å². The number of hydrogen-bond donors (Lipinski definition) is 1. The van der Waals surface area contributed by atoms with E-state index in [0.29, 0.717) is 17.9 Å². The first kappa shape index (κ1) is 18.3. The maximum Gasteiger partial charge on any atom is 0.251 e. The van der Waals surface area contributed by atoms with E-state index < -0.39 is 10.8 Å². The van der Waals surface area contributed by atoms with Gasteiger partial charge in [-0.1, -0.05) is 30.3 Å². The molecule has 0 unspecified atom stereocenters. The molecule has 5 nitrogen and oxygen atoms in total. The van der Waals surface area contributed by atoms with Crippen molar-refractivity contribution in [2.24, 2.45) is 0 Å². The molecule has 0 aliphatic carbocycles. The summed E-state index contributed by atoms with van der Waals surface area (Å²) < 4.78 is 11.3. The van der Waals surface area contributed by atoms with Crippen LogP contribution in [-0.4, -0.2) is 35.4 Å². The number of carbonyl (C=O) groups is 2. The van der Waals surface area contributed by atoms with Gasteiger partial charge in [-0.15, -0.1) is 0 Å². The highest BCUT2D eigenvalue weighted by atomic mass is 32.2. The average Bonchev–Trinajstić information content (AvgIpc) is 2.65. The molecule has 0 saturated carbocycles. The predicted octanol–water partition coefficient (Wildman–Crippen LogP) is 2.27. The fourth-order valence-corrected chi connectivity index (χ4v) is 3.83. The molecule has 1 aliphatic rings. The van der Waals surface area contributed by atoms with Gasteiger partial charge in [0.25, 0.3) is 5.91 Å². The van der Waals surface area contributed by atoms with Gasteiger partial charge in [0.1, 0.15) is 0 Å². The second-order valence-electron chi connectivity index (χ2n) is 6.38. The highest BCUT2D eigenvalue weighted by molar-refractivity contribution is 7.83. The standard InChI is InChI=1S/C20H22N2O3S/c1-26(25)14-15-6-4-8-17(12-15)20(24)21-13-19(23)22-11-5-9-16-7-2-3-10-18(16)22/h2-4,6-8,10,12H,5,9,11,13-14H2,1H3,(H,21,24)/t26-/m0/s1. The van der Waals surface area contributed by atoms with Gasteiger partial charge in [0.15, 0.2) is 0 Å². The molecule has 0 aromatic heterocycles. The molecule has 2 amide bonds. The van der Waals surface area contributed by atoms with Crippen molar-refractivity contribution in [1.29, 1.82) is 0 Å². The maximum absolute atomic E-state index is 12.6. The maximum atomic E-state index is 12.6. The highest BCUT2D eigenvalue weighted by Crippen LogP contribution is 2.26. The van der Waals surface area contributed by atoms with Crippen LogP contribution in [0.2, 0.25) is 0 Å². The van der Waals surface area contributed by atoms with E-state index in [2.05, 4.69) is 5.32 Å². The van der Waals surface area contributed by atoms with Crippen molar-refractivity contribution in [2.45, 2.75) is 18.6 Å². The van der Waals surface area contributed by atoms with E-state index in [4.69, 9.17) is 0 Å². The van der Waals surface area contributed by atoms with E-state index in [0.717, 1.165) is 24.1 Å². The normalized spacial score (nSPS) is 14.4. The number of rotatable bonds is 5. The first-order chi connectivity index (χ1) is 12.5. The Morgan fingerprint density at radius 1 is 1.15 bits per heavy atom. The van der Waals surface area contributed by atoms with Crippen molar-refractivity contribution >= 4 is 28.3 Å². The minimum absolute atomic E-state index is 0.0445. The average molecular weight is 370 g/mol. The van der Waals surface area contributed by atoms with Gasteiger partial charge in [-0.3, -0.25) is 13.8 Å². The number of anilines is 1. The number of amides is 2. The molecule has 2 aromatic carbocycles. The minimum atomic E-state index is -0.966. The quantitative estimate of drug-likeness (QED) is 0.878. The fourth-order valence-electron chi connectivity index (χ4n) is 3.18. The van der Waals surface area contributed by atoms with Crippen LogP contribution in [0.5, 0.6) is 0 Å². The van der Waals surface area contributed by atoms with Gasteiger partial charge >= 0.3 is 0 Å². The third-order valence-electron chi connectivity index (χ3n) is 4.37. The number of aryl methyl sites for hydroxylation is 1. The molecule has 136 valence electrons. The number of benzene rings is 2. The molecule has 1 heterocycles. The summed E-state index contributed by atoms with van der Waals surface area (Å²) in [6, 6.07) is 14.9. The topological polar surface area (TPSA) is 66.5 Å². The van der Waals surface area contributed by atoms with Crippen molar-refractivity contribution in [1.82, 2.24) is 5.32 Å². The molecule has 0 fully saturated rings. The van der Waals surface area contributed by atoms with Crippen LogP contribution < -0.4 is 10.2 Å². The third-order valence-corrected chi connectivity index (χ3v) is 5.11. The summed E-state index contributed by atoms with van der Waals surface area (Å²) in [7, 11) is -0.966. The van der Waals surface area contributed by atoms with Crippen molar-refractivity contribution in [3.05, 3.63) is 65.2 Å². The Balaban J connectivity index is 1.63. The van der Waals surface area contributed by atoms with E-state index >= 15 is 0 Å². The molecular weight excluding hydrogens is 348 g/mol. The van der Waals surface area contributed by atoms with Crippen LogP contribution >= 0.6 is 0 Å². The smallest absolute Gasteiger partial charge is 0.251 e. The first-order valence-electron chi connectivity index (χ1n) is 8.60. The van der Waals surface area contributed by atoms with E-state index in [-0.39, 0.29) is 18.4 Å². The number of nitrogens with zero attached hydrogens (tertiary/aromatic N) is 1. The number of para-hydroxylation sites is 1. The lowest BCUT2D eigenvalue weighted by atomic mass is 10.0. The predicted molar refractivity (Wildman–Crippen MR) is 104 cm³/mol. The molecule has 6 heteroatoms. The molecule has 0 bridgehead atoms. The second kappa shape index (κ2) is 8.27. The summed E-state index contributed by atoms with van der Waals surface area (Å²) >= 11 is 0. The number of nitrogens with one attached hydrogen (secondary N) is 1. The lowest BCUT2D eigenvalue weighted by Gasteiger charge is -2.29. The monoisotopic (exact) mass is 370 g/mol. The van der Waals surface area contributed by atoms with Crippen LogP contribution in [0, 0.1) is 0 Å². The Hall–Kier alpha value is -2.47. The van der Waals surface area contributed by atoms with Gasteiger partial charge in [-0.2, -0.15) is 0 Å². The van der Waals surface area contributed by atoms with Crippen molar-refractivity contribution < 1.29 is 13.8 Å². The van der Waals surface area contributed by atoms with Gasteiger partial charge in [-0.05, 0) is 42.2 Å². The van der Waals surface area contributed by atoms with E-state index in [1.807, 2.05) is 30.3 Å². The zero-order chi connectivity index (χ0) is 18.5. The van der Waals surface area contributed by atoms with Crippen molar-refractivity contribution in [3.63, 3.8) is 0 Å². The summed E-state index contributed by atoms with van der Waals surface area (Å²) in [4.78, 5) is 26.7. The Labute approximate surface area is 155 Å². The van der Waals surface area contributed by atoms with Crippen LogP contribution in [0.15, 0.2) is 48.5 Å². The van der Waals surface area contributed by atoms with Gasteiger partial charge in [-0.25, -0.2) is 0 Å². The summed E-state index contributed by atoms with van der Waals surface area (Å²) in [5, 5.41) is 2.70. The second-order valence-corrected chi connectivity index (χ2v) is 7.81.